The first kappa shape index (κ1) is 20.3. The molecule has 6 nitrogen and oxygen atoms in total. The molecular weight excluding hydrogens is 398 g/mol. The predicted molar refractivity (Wildman–Crippen MR) is 113 cm³/mol. The van der Waals surface area contributed by atoms with Crippen molar-refractivity contribution < 1.29 is 14.3 Å². The van der Waals surface area contributed by atoms with Crippen molar-refractivity contribution in [2.45, 2.75) is 6.42 Å². The summed E-state index contributed by atoms with van der Waals surface area (Å²) in [6.45, 7) is 2.26. The number of halogens is 1. The van der Waals surface area contributed by atoms with Crippen LogP contribution < -0.4 is 10.6 Å². The largest absolute Gasteiger partial charge is 0.378 e. The molecule has 2 aromatic rings. The number of ether oxygens (including phenoxy) is 1. The Balaban J connectivity index is 1.55. The number of thiocarbonyl (C=S) groups is 1. The molecule has 1 aliphatic rings. The molecule has 0 saturated carbocycles. The molecule has 146 valence electrons. The summed E-state index contributed by atoms with van der Waals surface area (Å²) in [5, 5.41) is 6.38. The van der Waals surface area contributed by atoms with Crippen molar-refractivity contribution >= 4 is 46.4 Å². The van der Waals surface area contributed by atoms with Crippen LogP contribution in [-0.4, -0.2) is 48.1 Å². The first-order valence-electron chi connectivity index (χ1n) is 8.83. The van der Waals surface area contributed by atoms with E-state index in [2.05, 4.69) is 10.6 Å². The molecule has 8 heteroatoms. The minimum absolute atomic E-state index is 0.0513. The van der Waals surface area contributed by atoms with E-state index < -0.39 is 0 Å². The van der Waals surface area contributed by atoms with Gasteiger partial charge in [0.15, 0.2) is 5.11 Å². The third-order valence-corrected chi connectivity index (χ3v) is 4.65. The minimum atomic E-state index is -0.236. The summed E-state index contributed by atoms with van der Waals surface area (Å²) in [6.07, 6.45) is 0.189. The highest BCUT2D eigenvalue weighted by Gasteiger charge is 2.18. The fraction of sp³-hybridized carbons (Fsp3) is 0.250. The summed E-state index contributed by atoms with van der Waals surface area (Å²) in [5.74, 6) is -0.287. The summed E-state index contributed by atoms with van der Waals surface area (Å²) in [5.41, 5.74) is 2.03. The van der Waals surface area contributed by atoms with Crippen LogP contribution in [0, 0.1) is 0 Å². The van der Waals surface area contributed by atoms with Crippen molar-refractivity contribution in [2.75, 3.05) is 31.6 Å². The molecule has 3 rings (SSSR count). The number of carbonyl (C=O) groups is 2. The van der Waals surface area contributed by atoms with Gasteiger partial charge >= 0.3 is 0 Å². The molecular formula is C20H20ClN3O3S. The molecule has 0 aromatic heterocycles. The lowest BCUT2D eigenvalue weighted by atomic mass is 10.1. The number of morpholine rings is 1. The second kappa shape index (κ2) is 9.64. The quantitative estimate of drug-likeness (QED) is 0.748. The van der Waals surface area contributed by atoms with E-state index in [1.165, 1.54) is 0 Å². The van der Waals surface area contributed by atoms with E-state index >= 15 is 0 Å². The van der Waals surface area contributed by atoms with Crippen LogP contribution in [0.4, 0.5) is 5.69 Å². The molecule has 2 aromatic carbocycles. The lowest BCUT2D eigenvalue weighted by molar-refractivity contribution is -0.119. The van der Waals surface area contributed by atoms with Gasteiger partial charge in [0.2, 0.25) is 5.91 Å². The second-order valence-corrected chi connectivity index (χ2v) is 7.14. The van der Waals surface area contributed by atoms with Crippen LogP contribution >= 0.6 is 23.8 Å². The molecule has 0 aliphatic carbocycles. The number of hydrogen-bond acceptors (Lipinski definition) is 4. The van der Waals surface area contributed by atoms with Gasteiger partial charge in [0, 0.05) is 29.4 Å². The van der Waals surface area contributed by atoms with E-state index in [0.29, 0.717) is 42.6 Å². The van der Waals surface area contributed by atoms with Crippen molar-refractivity contribution in [1.82, 2.24) is 10.2 Å². The number of hydrogen-bond donors (Lipinski definition) is 2. The van der Waals surface area contributed by atoms with Gasteiger partial charge in [0.25, 0.3) is 5.91 Å². The highest BCUT2D eigenvalue weighted by atomic mass is 35.5. The number of carbonyl (C=O) groups excluding carboxylic acids is 2. The van der Waals surface area contributed by atoms with Gasteiger partial charge in [-0.05, 0) is 48.1 Å². The van der Waals surface area contributed by atoms with Crippen LogP contribution in [0.2, 0.25) is 5.02 Å². The average molecular weight is 418 g/mol. The molecule has 0 radical (unpaired) electrons. The molecule has 1 saturated heterocycles. The SMILES string of the molecule is O=C(Cc1ccc(Cl)cc1)NC(=S)Nc1cccc(C(=O)N2CCOCC2)c1. The summed E-state index contributed by atoms with van der Waals surface area (Å²) in [4.78, 5) is 26.5. The van der Waals surface area contributed by atoms with Crippen LogP contribution in [0.1, 0.15) is 15.9 Å². The number of nitrogens with one attached hydrogen (secondary N) is 2. The molecule has 28 heavy (non-hydrogen) atoms. The zero-order chi connectivity index (χ0) is 19.9. The number of anilines is 1. The van der Waals surface area contributed by atoms with Crippen molar-refractivity contribution in [3.63, 3.8) is 0 Å². The maximum atomic E-state index is 12.6. The highest BCUT2D eigenvalue weighted by molar-refractivity contribution is 7.80. The maximum absolute atomic E-state index is 12.6. The van der Waals surface area contributed by atoms with Crippen LogP contribution in [0.5, 0.6) is 0 Å². The summed E-state index contributed by atoms with van der Waals surface area (Å²) in [6, 6.07) is 14.1. The van der Waals surface area contributed by atoms with Gasteiger partial charge in [-0.2, -0.15) is 0 Å². The predicted octanol–water partition coefficient (Wildman–Crippen LogP) is 2.87. The van der Waals surface area contributed by atoms with Gasteiger partial charge in [-0.1, -0.05) is 29.8 Å². The molecule has 0 atom stereocenters. The summed E-state index contributed by atoms with van der Waals surface area (Å²) in [7, 11) is 0. The van der Waals surface area contributed by atoms with E-state index in [1.807, 2.05) is 0 Å². The average Bonchev–Trinajstić information content (AvgIpc) is 2.70. The molecule has 0 spiro atoms. The van der Waals surface area contributed by atoms with Gasteiger partial charge in [0.1, 0.15) is 0 Å². The normalized spacial score (nSPS) is 13.7. The molecule has 0 unspecified atom stereocenters. The summed E-state index contributed by atoms with van der Waals surface area (Å²) < 4.78 is 5.28. The Hall–Kier alpha value is -2.48. The lowest BCUT2D eigenvalue weighted by Crippen LogP contribution is -2.40. The zero-order valence-corrected chi connectivity index (χ0v) is 16.7. The van der Waals surface area contributed by atoms with Gasteiger partial charge in [-0.15, -0.1) is 0 Å². The molecule has 1 aliphatic heterocycles. The number of nitrogens with zero attached hydrogens (tertiary/aromatic N) is 1. The smallest absolute Gasteiger partial charge is 0.254 e. The third kappa shape index (κ3) is 5.76. The van der Waals surface area contributed by atoms with Crippen molar-refractivity contribution in [1.29, 1.82) is 0 Å². The van der Waals surface area contributed by atoms with Gasteiger partial charge < -0.3 is 20.3 Å². The molecule has 1 heterocycles. The Morgan fingerprint density at radius 3 is 2.54 bits per heavy atom. The molecule has 2 N–H and O–H groups in total. The zero-order valence-electron chi connectivity index (χ0n) is 15.1. The summed E-state index contributed by atoms with van der Waals surface area (Å²) >= 11 is 11.1. The van der Waals surface area contributed by atoms with Crippen LogP contribution in [0.25, 0.3) is 0 Å². The highest BCUT2D eigenvalue weighted by Crippen LogP contribution is 2.14. The number of rotatable bonds is 4. The van der Waals surface area contributed by atoms with Gasteiger partial charge in [0.05, 0.1) is 19.6 Å². The number of amides is 2. The monoisotopic (exact) mass is 417 g/mol. The Morgan fingerprint density at radius 2 is 1.82 bits per heavy atom. The van der Waals surface area contributed by atoms with E-state index in [9.17, 15) is 9.59 Å². The Morgan fingerprint density at radius 1 is 1.11 bits per heavy atom. The molecule has 1 fully saturated rings. The fourth-order valence-electron chi connectivity index (χ4n) is 2.80. The van der Waals surface area contributed by atoms with E-state index in [4.69, 9.17) is 28.6 Å². The van der Waals surface area contributed by atoms with Crippen LogP contribution in [0.3, 0.4) is 0 Å². The van der Waals surface area contributed by atoms with Gasteiger partial charge in [-0.25, -0.2) is 0 Å². The van der Waals surface area contributed by atoms with Crippen molar-refractivity contribution in [3.05, 3.63) is 64.7 Å². The second-order valence-electron chi connectivity index (χ2n) is 6.29. The first-order chi connectivity index (χ1) is 13.5. The Kier molecular flexibility index (Phi) is 6.97. The minimum Gasteiger partial charge on any atom is -0.378 e. The first-order valence-corrected chi connectivity index (χ1v) is 9.62. The van der Waals surface area contributed by atoms with Gasteiger partial charge in [-0.3, -0.25) is 9.59 Å². The van der Waals surface area contributed by atoms with Crippen molar-refractivity contribution in [2.24, 2.45) is 0 Å². The maximum Gasteiger partial charge on any atom is 0.254 e. The topological polar surface area (TPSA) is 70.7 Å². The van der Waals surface area contributed by atoms with E-state index in [0.717, 1.165) is 5.56 Å². The standard InChI is InChI=1S/C20H20ClN3O3S/c21-16-6-4-14(5-7-16)12-18(25)23-20(28)22-17-3-1-2-15(13-17)19(26)24-8-10-27-11-9-24/h1-7,13H,8-12H2,(H2,22,23,25,28). The third-order valence-electron chi connectivity index (χ3n) is 4.20. The van der Waals surface area contributed by atoms with Crippen molar-refractivity contribution in [3.8, 4) is 0 Å². The molecule has 2 amide bonds. The van der Waals surface area contributed by atoms with Crippen LogP contribution in [0.15, 0.2) is 48.5 Å². The fourth-order valence-corrected chi connectivity index (χ4v) is 3.16. The number of benzene rings is 2. The lowest BCUT2D eigenvalue weighted by Gasteiger charge is -2.27. The molecule has 0 bridgehead atoms. The van der Waals surface area contributed by atoms with E-state index in [1.54, 1.807) is 53.4 Å². The van der Waals surface area contributed by atoms with Crippen LogP contribution in [-0.2, 0) is 16.0 Å². The Labute approximate surface area is 173 Å². The van der Waals surface area contributed by atoms with E-state index in [-0.39, 0.29) is 23.3 Å². The Bertz CT molecular complexity index is 867.